The lowest BCUT2D eigenvalue weighted by molar-refractivity contribution is -0.140. The first-order valence-corrected chi connectivity index (χ1v) is 13.4. The van der Waals surface area contributed by atoms with E-state index >= 15 is 0 Å². The second-order valence-corrected chi connectivity index (χ2v) is 10.2. The molecule has 0 unspecified atom stereocenters. The number of pyridine rings is 1. The van der Waals surface area contributed by atoms with Crippen molar-refractivity contribution in [1.29, 1.82) is 0 Å². The molecule has 0 saturated carbocycles. The topological polar surface area (TPSA) is 135 Å². The highest BCUT2D eigenvalue weighted by Gasteiger charge is 2.36. The Morgan fingerprint density at radius 1 is 1.02 bits per heavy atom. The Morgan fingerprint density at radius 3 is 2.50 bits per heavy atom. The minimum atomic E-state index is -0.946. The van der Waals surface area contributed by atoms with E-state index in [9.17, 15) is 24.9 Å². The van der Waals surface area contributed by atoms with Crippen molar-refractivity contribution in [3.63, 3.8) is 0 Å². The van der Waals surface area contributed by atoms with Crippen molar-refractivity contribution in [2.75, 3.05) is 7.11 Å². The number of carbonyl (C=O) groups excluding carboxylic acids is 2. The number of phenolic OH excluding ortho intramolecular Hbond substituents is 2. The quantitative estimate of drug-likeness (QED) is 0.174. The minimum absolute atomic E-state index is 0.0365. The van der Waals surface area contributed by atoms with Crippen molar-refractivity contribution in [2.45, 2.75) is 45.5 Å². The first-order valence-electron chi connectivity index (χ1n) is 13.4. The van der Waals surface area contributed by atoms with Gasteiger partial charge >= 0.3 is 5.97 Å². The van der Waals surface area contributed by atoms with Crippen LogP contribution in [0.2, 0.25) is 0 Å². The summed E-state index contributed by atoms with van der Waals surface area (Å²) in [5.74, 6) is -2.37. The summed E-state index contributed by atoms with van der Waals surface area (Å²) in [6.45, 7) is 3.37. The molecule has 0 amide bonds. The molecule has 3 aromatic carbocycles. The number of fused-ring (bicyclic) bond motifs is 1. The normalized spacial score (nSPS) is 14.7. The van der Waals surface area contributed by atoms with Crippen LogP contribution in [0.1, 0.15) is 74.8 Å². The standard InChI is InChI=1S/C33H31NO8/c1-18-30(37)28-22(15-34-18)17-42-33(28)26-13-24(19(2)35)31(38)29(32(26)39)25(14-27(36)40-3)21-10-7-11-23(12-21)41-16-20-8-5-4-6-9-20/h4-13,15,25,33,37-39H,14,16-17H2,1-3H3/t25-,33-/m0/s1. The van der Waals surface area contributed by atoms with Gasteiger partial charge in [-0.25, -0.2) is 0 Å². The molecule has 0 spiro atoms. The van der Waals surface area contributed by atoms with Crippen LogP contribution in [0.25, 0.3) is 0 Å². The molecule has 2 heterocycles. The van der Waals surface area contributed by atoms with Gasteiger partial charge in [0.1, 0.15) is 35.7 Å². The summed E-state index contributed by atoms with van der Waals surface area (Å²) in [5, 5.41) is 33.9. The number of Topliss-reactive ketones (excluding diaryl/α,β-unsaturated/α-hetero) is 1. The zero-order valence-electron chi connectivity index (χ0n) is 23.5. The highest BCUT2D eigenvalue weighted by atomic mass is 16.5. The average molecular weight is 570 g/mol. The molecule has 0 aliphatic carbocycles. The third kappa shape index (κ3) is 5.51. The van der Waals surface area contributed by atoms with E-state index in [1.807, 2.05) is 30.3 Å². The highest BCUT2D eigenvalue weighted by molar-refractivity contribution is 5.98. The molecule has 0 fully saturated rings. The molecule has 9 heteroatoms. The average Bonchev–Trinajstić information content (AvgIpc) is 3.42. The summed E-state index contributed by atoms with van der Waals surface area (Å²) in [6, 6.07) is 17.9. The van der Waals surface area contributed by atoms with Crippen molar-refractivity contribution in [2.24, 2.45) is 0 Å². The zero-order chi connectivity index (χ0) is 30.0. The number of methoxy groups -OCH3 is 1. The van der Waals surface area contributed by atoms with E-state index < -0.39 is 29.5 Å². The molecule has 1 aliphatic heterocycles. The van der Waals surface area contributed by atoms with E-state index in [1.54, 1.807) is 37.4 Å². The van der Waals surface area contributed by atoms with Gasteiger partial charge in [0.25, 0.3) is 0 Å². The number of carbonyl (C=O) groups is 2. The fourth-order valence-electron chi connectivity index (χ4n) is 5.26. The van der Waals surface area contributed by atoms with Crippen LogP contribution in [0.4, 0.5) is 0 Å². The minimum Gasteiger partial charge on any atom is -0.507 e. The smallest absolute Gasteiger partial charge is 0.306 e. The van der Waals surface area contributed by atoms with Gasteiger partial charge in [0.05, 0.1) is 31.4 Å². The monoisotopic (exact) mass is 569 g/mol. The molecule has 216 valence electrons. The summed E-state index contributed by atoms with van der Waals surface area (Å²) >= 11 is 0. The van der Waals surface area contributed by atoms with Gasteiger partial charge in [-0.05, 0) is 43.2 Å². The lowest BCUT2D eigenvalue weighted by Gasteiger charge is -2.25. The third-order valence-electron chi connectivity index (χ3n) is 7.48. The number of phenols is 2. The van der Waals surface area contributed by atoms with Crippen LogP contribution in [0.5, 0.6) is 23.0 Å². The number of benzene rings is 3. The van der Waals surface area contributed by atoms with Gasteiger partial charge in [0, 0.05) is 34.4 Å². The number of aryl methyl sites for hydroxylation is 1. The fraction of sp³-hybridized carbons (Fsp3) is 0.242. The Morgan fingerprint density at radius 2 is 1.79 bits per heavy atom. The SMILES string of the molecule is COC(=O)C[C@@H](c1cccc(OCc2ccccc2)c1)c1c(O)c(C(C)=O)cc([C@@H]2OCc3cnc(C)c(O)c32)c1O. The summed E-state index contributed by atoms with van der Waals surface area (Å²) in [7, 11) is 1.25. The lowest BCUT2D eigenvalue weighted by Crippen LogP contribution is -2.14. The summed E-state index contributed by atoms with van der Waals surface area (Å²) in [5.41, 5.74) is 3.01. The van der Waals surface area contributed by atoms with E-state index in [2.05, 4.69) is 4.98 Å². The van der Waals surface area contributed by atoms with E-state index in [-0.39, 0.29) is 41.2 Å². The molecule has 9 nitrogen and oxygen atoms in total. The zero-order valence-corrected chi connectivity index (χ0v) is 23.5. The van der Waals surface area contributed by atoms with Crippen LogP contribution in [0.15, 0.2) is 66.9 Å². The van der Waals surface area contributed by atoms with Gasteiger partial charge in [-0.1, -0.05) is 42.5 Å². The van der Waals surface area contributed by atoms with Crippen molar-refractivity contribution in [3.8, 4) is 23.0 Å². The maximum atomic E-state index is 12.7. The second kappa shape index (κ2) is 11.9. The largest absolute Gasteiger partial charge is 0.507 e. The maximum Gasteiger partial charge on any atom is 0.306 e. The molecular weight excluding hydrogens is 538 g/mol. The van der Waals surface area contributed by atoms with Crippen LogP contribution in [0.3, 0.4) is 0 Å². The fourth-order valence-corrected chi connectivity index (χ4v) is 5.26. The number of aromatic hydroxyl groups is 3. The molecule has 5 rings (SSSR count). The van der Waals surface area contributed by atoms with Gasteiger partial charge in [0.2, 0.25) is 0 Å². The van der Waals surface area contributed by atoms with E-state index in [4.69, 9.17) is 14.2 Å². The Labute approximate surface area is 243 Å². The summed E-state index contributed by atoms with van der Waals surface area (Å²) in [4.78, 5) is 29.5. The van der Waals surface area contributed by atoms with Gasteiger partial charge in [-0.2, -0.15) is 0 Å². The Balaban J connectivity index is 1.64. The molecule has 0 radical (unpaired) electrons. The van der Waals surface area contributed by atoms with E-state index in [0.717, 1.165) is 5.56 Å². The lowest BCUT2D eigenvalue weighted by atomic mass is 9.83. The number of aromatic nitrogens is 1. The number of rotatable bonds is 9. The van der Waals surface area contributed by atoms with Crippen LogP contribution >= 0.6 is 0 Å². The van der Waals surface area contributed by atoms with Crippen LogP contribution in [-0.4, -0.2) is 39.2 Å². The number of ether oxygens (including phenoxy) is 3. The second-order valence-electron chi connectivity index (χ2n) is 10.2. The third-order valence-corrected chi connectivity index (χ3v) is 7.48. The van der Waals surface area contributed by atoms with Gasteiger partial charge in [0.15, 0.2) is 5.78 Å². The molecule has 42 heavy (non-hydrogen) atoms. The van der Waals surface area contributed by atoms with Gasteiger partial charge in [-0.3, -0.25) is 14.6 Å². The number of nitrogens with zero attached hydrogens (tertiary/aromatic N) is 1. The molecule has 2 atom stereocenters. The first kappa shape index (κ1) is 28.6. The van der Waals surface area contributed by atoms with Crippen molar-refractivity contribution < 1.29 is 39.1 Å². The highest BCUT2D eigenvalue weighted by Crippen LogP contribution is 2.50. The molecule has 4 aromatic rings. The van der Waals surface area contributed by atoms with Crippen molar-refractivity contribution in [1.82, 2.24) is 4.98 Å². The predicted octanol–water partition coefficient (Wildman–Crippen LogP) is 5.60. The van der Waals surface area contributed by atoms with Crippen LogP contribution in [-0.2, 0) is 27.5 Å². The van der Waals surface area contributed by atoms with E-state index in [0.29, 0.717) is 34.7 Å². The Bertz CT molecular complexity index is 1650. The van der Waals surface area contributed by atoms with Crippen molar-refractivity contribution >= 4 is 11.8 Å². The van der Waals surface area contributed by atoms with Gasteiger partial charge < -0.3 is 29.5 Å². The summed E-state index contributed by atoms with van der Waals surface area (Å²) in [6.07, 6.45) is 0.394. The first-order chi connectivity index (χ1) is 20.2. The molecule has 1 aromatic heterocycles. The molecule has 1 aliphatic rings. The molecule has 3 N–H and O–H groups in total. The number of hydrogen-bond acceptors (Lipinski definition) is 9. The number of ketones is 1. The number of hydrogen-bond donors (Lipinski definition) is 3. The van der Waals surface area contributed by atoms with Crippen LogP contribution < -0.4 is 4.74 Å². The van der Waals surface area contributed by atoms with Crippen LogP contribution in [0, 0.1) is 6.92 Å². The summed E-state index contributed by atoms with van der Waals surface area (Å²) < 4.78 is 16.9. The molecule has 0 bridgehead atoms. The van der Waals surface area contributed by atoms with Crippen molar-refractivity contribution in [3.05, 3.63) is 111 Å². The predicted molar refractivity (Wildman–Crippen MR) is 153 cm³/mol. The van der Waals surface area contributed by atoms with E-state index in [1.165, 1.54) is 20.1 Å². The molecular formula is C33H31NO8. The Hall–Kier alpha value is -4.89. The Kier molecular flexibility index (Phi) is 8.13. The number of esters is 1. The van der Waals surface area contributed by atoms with Gasteiger partial charge in [-0.15, -0.1) is 0 Å². The molecule has 0 saturated heterocycles. The maximum absolute atomic E-state index is 12.7.